The topological polar surface area (TPSA) is 33.4 Å². The second kappa shape index (κ2) is 4.69. The normalized spacial score (nSPS) is 21.6. The van der Waals surface area contributed by atoms with Crippen LogP contribution in [0.15, 0.2) is 18.3 Å². The Morgan fingerprint density at radius 1 is 1.28 bits per heavy atom. The fourth-order valence-electron chi connectivity index (χ4n) is 2.80. The molecule has 0 aliphatic carbocycles. The van der Waals surface area contributed by atoms with Crippen LogP contribution in [-0.4, -0.2) is 39.1 Å². The fourth-order valence-corrected chi connectivity index (χ4v) is 2.80. The van der Waals surface area contributed by atoms with Gasteiger partial charge in [-0.1, -0.05) is 12.5 Å². The summed E-state index contributed by atoms with van der Waals surface area (Å²) < 4.78 is 2.14. The number of fused-ring (bicyclic) bond motifs is 1. The first-order chi connectivity index (χ1) is 8.74. The van der Waals surface area contributed by atoms with Crippen LogP contribution < -0.4 is 0 Å². The van der Waals surface area contributed by atoms with Crippen molar-refractivity contribution in [2.45, 2.75) is 38.6 Å². The Kier molecular flexibility index (Phi) is 3.04. The van der Waals surface area contributed by atoms with Crippen LogP contribution in [0, 0.1) is 6.92 Å². The average Bonchev–Trinajstić information content (AvgIpc) is 2.75. The van der Waals surface area contributed by atoms with Gasteiger partial charge in [0.25, 0.3) is 0 Å². The molecule has 96 valence electrons. The lowest BCUT2D eigenvalue weighted by Gasteiger charge is -2.31. The third-order valence-corrected chi connectivity index (χ3v) is 3.96. The van der Waals surface area contributed by atoms with Crippen molar-refractivity contribution >= 4 is 5.65 Å². The zero-order valence-electron chi connectivity index (χ0n) is 11.1. The lowest BCUT2D eigenvalue weighted by Crippen LogP contribution is -2.38. The Labute approximate surface area is 108 Å². The van der Waals surface area contributed by atoms with Gasteiger partial charge in [0, 0.05) is 18.7 Å². The van der Waals surface area contributed by atoms with Gasteiger partial charge < -0.3 is 4.90 Å². The molecular formula is C14H20N4. The summed E-state index contributed by atoms with van der Waals surface area (Å²) in [6.45, 7) is 3.32. The van der Waals surface area contributed by atoms with Crippen molar-refractivity contribution in [3.63, 3.8) is 0 Å². The van der Waals surface area contributed by atoms with Crippen LogP contribution in [0.4, 0.5) is 0 Å². The molecule has 2 aromatic heterocycles. The van der Waals surface area contributed by atoms with E-state index in [2.05, 4.69) is 45.7 Å². The van der Waals surface area contributed by atoms with Crippen molar-refractivity contribution in [1.29, 1.82) is 0 Å². The standard InChI is InChI=1S/C14H20N4/c1-11-6-7-13-15-16-14(18(13)10-11)9-12-5-3-4-8-17(12)2/h6-7,10,12H,3-5,8-9H2,1-2H3. The van der Waals surface area contributed by atoms with Crippen molar-refractivity contribution in [2.75, 3.05) is 13.6 Å². The van der Waals surface area contributed by atoms with Crippen LogP contribution in [0.25, 0.3) is 5.65 Å². The number of hydrogen-bond donors (Lipinski definition) is 0. The summed E-state index contributed by atoms with van der Waals surface area (Å²) in [6, 6.07) is 4.74. The van der Waals surface area contributed by atoms with Crippen LogP contribution in [0.2, 0.25) is 0 Å². The van der Waals surface area contributed by atoms with Crippen LogP contribution in [-0.2, 0) is 6.42 Å². The Balaban J connectivity index is 1.87. The number of likely N-dealkylation sites (tertiary alicyclic amines) is 1. The second-order valence-electron chi connectivity index (χ2n) is 5.39. The quantitative estimate of drug-likeness (QED) is 0.811. The summed E-state index contributed by atoms with van der Waals surface area (Å²) in [5.74, 6) is 1.09. The number of pyridine rings is 1. The van der Waals surface area contributed by atoms with E-state index in [9.17, 15) is 0 Å². The Bertz CT molecular complexity index is 546. The smallest absolute Gasteiger partial charge is 0.160 e. The predicted octanol–water partition coefficient (Wildman–Crippen LogP) is 2.06. The van der Waals surface area contributed by atoms with E-state index in [1.165, 1.54) is 31.4 Å². The van der Waals surface area contributed by atoms with Crippen LogP contribution in [0.3, 0.4) is 0 Å². The van der Waals surface area contributed by atoms with Crippen molar-refractivity contribution < 1.29 is 0 Å². The summed E-state index contributed by atoms with van der Waals surface area (Å²) in [4.78, 5) is 2.46. The van der Waals surface area contributed by atoms with Gasteiger partial charge in [-0.3, -0.25) is 4.40 Å². The molecule has 0 bridgehead atoms. The number of aromatic nitrogens is 3. The van der Waals surface area contributed by atoms with Crippen molar-refractivity contribution in [2.24, 2.45) is 0 Å². The maximum absolute atomic E-state index is 4.35. The molecule has 1 fully saturated rings. The fraction of sp³-hybridized carbons (Fsp3) is 0.571. The summed E-state index contributed by atoms with van der Waals surface area (Å²) in [6.07, 6.45) is 7.07. The van der Waals surface area contributed by atoms with Crippen molar-refractivity contribution in [3.8, 4) is 0 Å². The maximum atomic E-state index is 4.35. The molecule has 4 nitrogen and oxygen atoms in total. The first kappa shape index (κ1) is 11.7. The summed E-state index contributed by atoms with van der Waals surface area (Å²) in [7, 11) is 2.22. The van der Waals surface area contributed by atoms with E-state index in [1.807, 2.05) is 6.07 Å². The largest absolute Gasteiger partial charge is 0.303 e. The van der Waals surface area contributed by atoms with E-state index in [0.717, 1.165) is 17.9 Å². The van der Waals surface area contributed by atoms with Gasteiger partial charge in [0.05, 0.1) is 0 Å². The van der Waals surface area contributed by atoms with E-state index in [1.54, 1.807) is 0 Å². The lowest BCUT2D eigenvalue weighted by molar-refractivity contribution is 0.182. The molecule has 1 atom stereocenters. The van der Waals surface area contributed by atoms with E-state index in [-0.39, 0.29) is 0 Å². The molecule has 0 amide bonds. The van der Waals surface area contributed by atoms with E-state index < -0.39 is 0 Å². The molecule has 3 heterocycles. The summed E-state index contributed by atoms with van der Waals surface area (Å²) in [5.41, 5.74) is 2.20. The predicted molar refractivity (Wildman–Crippen MR) is 71.7 cm³/mol. The third-order valence-electron chi connectivity index (χ3n) is 3.96. The van der Waals surface area contributed by atoms with E-state index in [0.29, 0.717) is 6.04 Å². The molecule has 0 spiro atoms. The highest BCUT2D eigenvalue weighted by Crippen LogP contribution is 2.19. The maximum Gasteiger partial charge on any atom is 0.160 e. The molecule has 4 heteroatoms. The van der Waals surface area contributed by atoms with Gasteiger partial charge in [-0.15, -0.1) is 10.2 Å². The molecule has 0 radical (unpaired) electrons. The Hall–Kier alpha value is -1.42. The van der Waals surface area contributed by atoms with Crippen LogP contribution in [0.5, 0.6) is 0 Å². The first-order valence-corrected chi connectivity index (χ1v) is 6.74. The van der Waals surface area contributed by atoms with Crippen molar-refractivity contribution in [3.05, 3.63) is 29.7 Å². The Morgan fingerprint density at radius 3 is 3.00 bits per heavy atom. The molecule has 0 saturated carbocycles. The van der Waals surface area contributed by atoms with Gasteiger partial charge >= 0.3 is 0 Å². The number of likely N-dealkylation sites (N-methyl/N-ethyl adjacent to an activating group) is 1. The van der Waals surface area contributed by atoms with Gasteiger partial charge in [-0.2, -0.15) is 0 Å². The van der Waals surface area contributed by atoms with Gasteiger partial charge in [-0.25, -0.2) is 0 Å². The minimum Gasteiger partial charge on any atom is -0.303 e. The number of aryl methyl sites for hydroxylation is 1. The lowest BCUT2D eigenvalue weighted by atomic mass is 10.00. The molecular weight excluding hydrogens is 224 g/mol. The zero-order valence-corrected chi connectivity index (χ0v) is 11.1. The van der Waals surface area contributed by atoms with E-state index in [4.69, 9.17) is 0 Å². The first-order valence-electron chi connectivity index (χ1n) is 6.74. The van der Waals surface area contributed by atoms with Crippen LogP contribution >= 0.6 is 0 Å². The highest BCUT2D eigenvalue weighted by Gasteiger charge is 2.21. The molecule has 18 heavy (non-hydrogen) atoms. The average molecular weight is 244 g/mol. The van der Waals surface area contributed by atoms with Gasteiger partial charge in [0.2, 0.25) is 0 Å². The molecule has 2 aromatic rings. The van der Waals surface area contributed by atoms with Crippen molar-refractivity contribution in [1.82, 2.24) is 19.5 Å². The molecule has 1 aliphatic heterocycles. The Morgan fingerprint density at radius 2 is 2.17 bits per heavy atom. The molecule has 0 N–H and O–H groups in total. The highest BCUT2D eigenvalue weighted by molar-refractivity contribution is 5.39. The highest BCUT2D eigenvalue weighted by atomic mass is 15.3. The zero-order chi connectivity index (χ0) is 12.5. The molecule has 1 unspecified atom stereocenters. The summed E-state index contributed by atoms with van der Waals surface area (Å²) in [5, 5.41) is 8.60. The molecule has 0 aromatic carbocycles. The molecule has 1 saturated heterocycles. The monoisotopic (exact) mass is 244 g/mol. The van der Waals surface area contributed by atoms with Gasteiger partial charge in [-0.05, 0) is 45.0 Å². The van der Waals surface area contributed by atoms with Gasteiger partial charge in [0.15, 0.2) is 5.65 Å². The number of piperidine rings is 1. The van der Waals surface area contributed by atoms with E-state index >= 15 is 0 Å². The van der Waals surface area contributed by atoms with Crippen LogP contribution in [0.1, 0.15) is 30.7 Å². The summed E-state index contributed by atoms with van der Waals surface area (Å²) >= 11 is 0. The van der Waals surface area contributed by atoms with Gasteiger partial charge in [0.1, 0.15) is 5.82 Å². The minimum absolute atomic E-state index is 0.617. The third kappa shape index (κ3) is 2.12. The SMILES string of the molecule is Cc1ccc2nnc(CC3CCCCN3C)n2c1. The number of rotatable bonds is 2. The number of nitrogens with zero attached hydrogens (tertiary/aromatic N) is 4. The number of hydrogen-bond acceptors (Lipinski definition) is 3. The molecule has 1 aliphatic rings. The minimum atomic E-state index is 0.617. The second-order valence-corrected chi connectivity index (χ2v) is 5.39. The molecule has 3 rings (SSSR count).